The molecule has 0 saturated carbocycles. The molecule has 2 fully saturated rings. The van der Waals surface area contributed by atoms with E-state index in [1.165, 1.54) is 0 Å². The molecule has 2 saturated heterocycles. The van der Waals surface area contributed by atoms with Crippen LogP contribution in [0.1, 0.15) is 29.8 Å². The Kier molecular flexibility index (Phi) is 4.20. The first kappa shape index (κ1) is 15.1. The summed E-state index contributed by atoms with van der Waals surface area (Å²) in [6.07, 6.45) is 4.39. The van der Waals surface area contributed by atoms with E-state index in [1.807, 2.05) is 15.9 Å². The molecule has 6 nitrogen and oxygen atoms in total. The molecule has 22 heavy (non-hydrogen) atoms. The van der Waals surface area contributed by atoms with Crippen molar-refractivity contribution in [1.82, 2.24) is 14.8 Å². The molecule has 1 atom stereocenters. The second-order valence-electron chi connectivity index (χ2n) is 6.23. The van der Waals surface area contributed by atoms with E-state index >= 15 is 0 Å². The Balaban J connectivity index is 1.69. The van der Waals surface area contributed by atoms with Crippen molar-refractivity contribution in [3.05, 3.63) is 24.0 Å². The average molecular weight is 305 g/mol. The van der Waals surface area contributed by atoms with Crippen LogP contribution in [0.5, 0.6) is 0 Å². The van der Waals surface area contributed by atoms with Gasteiger partial charge in [-0.15, -0.1) is 0 Å². The number of carbonyl (C=O) groups excluding carboxylic acids is 2. The predicted molar refractivity (Wildman–Crippen MR) is 81.4 cm³/mol. The number of ether oxygens (including phenoxy) is 1. The molecule has 6 heteroatoms. The summed E-state index contributed by atoms with van der Waals surface area (Å²) < 4.78 is 5.09. The van der Waals surface area contributed by atoms with Crippen molar-refractivity contribution in [2.24, 2.45) is 5.41 Å². The highest BCUT2D eigenvalue weighted by Crippen LogP contribution is 2.40. The smallest absolute Gasteiger partial charge is 0.270 e. The minimum Gasteiger partial charge on any atom is -0.383 e. The van der Waals surface area contributed by atoms with Gasteiger partial charge in [0.05, 0.1) is 12.0 Å². The molecule has 0 radical (unpaired) electrons. The molecular weight excluding hydrogens is 282 g/mol. The van der Waals surface area contributed by atoms with Crippen molar-refractivity contribution in [3.63, 3.8) is 0 Å². The number of aromatic nitrogens is 1. The van der Waals surface area contributed by atoms with E-state index < -0.39 is 0 Å². The highest BCUT2D eigenvalue weighted by molar-refractivity contribution is 5.94. The Morgan fingerprint density at radius 3 is 3.00 bits per heavy atom. The first-order chi connectivity index (χ1) is 10.7. The summed E-state index contributed by atoms with van der Waals surface area (Å²) >= 11 is 0. The Morgan fingerprint density at radius 1 is 1.41 bits per heavy atom. The van der Waals surface area contributed by atoms with E-state index in [0.717, 1.165) is 25.8 Å². The van der Waals surface area contributed by atoms with Gasteiger partial charge < -0.3 is 19.5 Å². The summed E-state index contributed by atoms with van der Waals surface area (Å²) in [5.74, 6) is 0.182. The lowest BCUT2D eigenvalue weighted by molar-refractivity contribution is -0.146. The minimum atomic E-state index is -0.381. The van der Waals surface area contributed by atoms with Crippen LogP contribution in [0.3, 0.4) is 0 Å². The fourth-order valence-electron chi connectivity index (χ4n) is 3.63. The molecule has 1 aromatic rings. The number of H-pyrrole nitrogens is 1. The van der Waals surface area contributed by atoms with Crippen LogP contribution in [-0.2, 0) is 9.53 Å². The number of hydrogen-bond donors (Lipinski definition) is 1. The molecule has 2 aliphatic heterocycles. The molecule has 0 aromatic carbocycles. The number of rotatable bonds is 4. The Hall–Kier alpha value is -1.82. The van der Waals surface area contributed by atoms with E-state index in [0.29, 0.717) is 31.9 Å². The molecule has 0 aliphatic carbocycles. The molecule has 2 amide bonds. The monoisotopic (exact) mass is 305 g/mol. The van der Waals surface area contributed by atoms with Crippen molar-refractivity contribution in [2.45, 2.75) is 19.3 Å². The van der Waals surface area contributed by atoms with Crippen LogP contribution in [0, 0.1) is 5.41 Å². The van der Waals surface area contributed by atoms with E-state index in [4.69, 9.17) is 4.74 Å². The predicted octanol–water partition coefficient (Wildman–Crippen LogP) is 1.12. The SMILES string of the molecule is COCCN1CCCC2(CCN(C(=O)c3ccc[nH]3)C2)C1=O. The summed E-state index contributed by atoms with van der Waals surface area (Å²) in [7, 11) is 1.65. The van der Waals surface area contributed by atoms with Crippen molar-refractivity contribution < 1.29 is 14.3 Å². The lowest BCUT2D eigenvalue weighted by Gasteiger charge is -2.39. The second kappa shape index (κ2) is 6.12. The van der Waals surface area contributed by atoms with Crippen LogP contribution in [0.15, 0.2) is 18.3 Å². The summed E-state index contributed by atoms with van der Waals surface area (Å²) in [5.41, 5.74) is 0.213. The van der Waals surface area contributed by atoms with E-state index in [1.54, 1.807) is 19.4 Å². The van der Waals surface area contributed by atoms with Gasteiger partial charge >= 0.3 is 0 Å². The molecule has 1 spiro atoms. The molecule has 1 aromatic heterocycles. The van der Waals surface area contributed by atoms with E-state index in [-0.39, 0.29) is 17.2 Å². The van der Waals surface area contributed by atoms with Crippen LogP contribution >= 0.6 is 0 Å². The first-order valence-corrected chi connectivity index (χ1v) is 7.87. The molecule has 3 heterocycles. The van der Waals surface area contributed by atoms with Gasteiger partial charge in [0, 0.05) is 39.5 Å². The second-order valence-corrected chi connectivity index (χ2v) is 6.23. The zero-order valence-corrected chi connectivity index (χ0v) is 13.0. The number of methoxy groups -OCH3 is 1. The van der Waals surface area contributed by atoms with E-state index in [9.17, 15) is 9.59 Å². The summed E-state index contributed by atoms with van der Waals surface area (Å²) in [4.78, 5) is 31.9. The molecule has 3 rings (SSSR count). The third-order valence-electron chi connectivity index (χ3n) is 4.86. The lowest BCUT2D eigenvalue weighted by atomic mass is 9.78. The van der Waals surface area contributed by atoms with Gasteiger partial charge in [-0.25, -0.2) is 0 Å². The van der Waals surface area contributed by atoms with Gasteiger partial charge in [0.15, 0.2) is 0 Å². The quantitative estimate of drug-likeness (QED) is 0.906. The van der Waals surface area contributed by atoms with Crippen LogP contribution < -0.4 is 0 Å². The first-order valence-electron chi connectivity index (χ1n) is 7.87. The topological polar surface area (TPSA) is 65.6 Å². The van der Waals surface area contributed by atoms with Gasteiger partial charge in [-0.1, -0.05) is 0 Å². The van der Waals surface area contributed by atoms with Crippen molar-refractivity contribution >= 4 is 11.8 Å². The zero-order chi connectivity index (χ0) is 15.6. The maximum Gasteiger partial charge on any atom is 0.270 e. The number of piperidine rings is 1. The summed E-state index contributed by atoms with van der Waals surface area (Å²) in [6.45, 7) is 3.19. The van der Waals surface area contributed by atoms with Gasteiger partial charge in [-0.3, -0.25) is 9.59 Å². The number of carbonyl (C=O) groups is 2. The van der Waals surface area contributed by atoms with Crippen molar-refractivity contribution in [1.29, 1.82) is 0 Å². The number of hydrogen-bond acceptors (Lipinski definition) is 3. The maximum absolute atomic E-state index is 12.8. The molecule has 1 N–H and O–H groups in total. The molecule has 0 bridgehead atoms. The fraction of sp³-hybridized carbons (Fsp3) is 0.625. The minimum absolute atomic E-state index is 0.0105. The fourth-order valence-corrected chi connectivity index (χ4v) is 3.63. The Bertz CT molecular complexity index is 543. The third kappa shape index (κ3) is 2.63. The standard InChI is InChI=1S/C16H23N3O3/c1-22-11-10-18-8-3-5-16(15(18)21)6-9-19(12-16)14(20)13-4-2-7-17-13/h2,4,7,17H,3,5-6,8-12H2,1H3. The lowest BCUT2D eigenvalue weighted by Crippen LogP contribution is -2.51. The van der Waals surface area contributed by atoms with Crippen molar-refractivity contribution in [2.75, 3.05) is 39.9 Å². The van der Waals surface area contributed by atoms with E-state index in [2.05, 4.69) is 4.98 Å². The number of amides is 2. The molecule has 1 unspecified atom stereocenters. The zero-order valence-electron chi connectivity index (χ0n) is 13.0. The van der Waals surface area contributed by atoms with Crippen LogP contribution in [0.4, 0.5) is 0 Å². The Labute approximate surface area is 130 Å². The number of nitrogens with one attached hydrogen (secondary N) is 1. The van der Waals surface area contributed by atoms with Gasteiger partial charge in [0.25, 0.3) is 5.91 Å². The normalized spacial score (nSPS) is 25.2. The summed E-state index contributed by atoms with van der Waals surface area (Å²) in [5, 5.41) is 0. The van der Waals surface area contributed by atoms with Crippen LogP contribution in [0.25, 0.3) is 0 Å². The number of aromatic amines is 1. The highest BCUT2D eigenvalue weighted by Gasteiger charge is 2.49. The van der Waals surface area contributed by atoms with Gasteiger partial charge in [-0.05, 0) is 31.4 Å². The average Bonchev–Trinajstić information content (AvgIpc) is 3.19. The molecule has 120 valence electrons. The molecule has 2 aliphatic rings. The number of likely N-dealkylation sites (tertiary alicyclic amines) is 2. The van der Waals surface area contributed by atoms with Crippen LogP contribution in [0.2, 0.25) is 0 Å². The number of nitrogens with zero attached hydrogens (tertiary/aromatic N) is 2. The summed E-state index contributed by atoms with van der Waals surface area (Å²) in [6, 6.07) is 3.60. The Morgan fingerprint density at radius 2 is 2.27 bits per heavy atom. The van der Waals surface area contributed by atoms with Crippen molar-refractivity contribution in [3.8, 4) is 0 Å². The van der Waals surface area contributed by atoms with Gasteiger partial charge in [0.2, 0.25) is 5.91 Å². The van der Waals surface area contributed by atoms with Crippen LogP contribution in [-0.4, -0.2) is 66.5 Å². The van der Waals surface area contributed by atoms with Gasteiger partial charge in [-0.2, -0.15) is 0 Å². The largest absolute Gasteiger partial charge is 0.383 e. The van der Waals surface area contributed by atoms with Gasteiger partial charge in [0.1, 0.15) is 5.69 Å². The highest BCUT2D eigenvalue weighted by atomic mass is 16.5. The third-order valence-corrected chi connectivity index (χ3v) is 4.86. The molecular formula is C16H23N3O3. The maximum atomic E-state index is 12.8.